The van der Waals surface area contributed by atoms with Crippen molar-refractivity contribution in [3.8, 4) is 11.8 Å². The van der Waals surface area contributed by atoms with E-state index in [0.29, 0.717) is 6.61 Å². The Morgan fingerprint density at radius 2 is 1.70 bits per heavy atom. The smallest absolute Gasteiger partial charge is 0.384 e. The SMILES string of the molecule is CCOC(=O)C#Cc1ccc(Nc2ccccc2)cc1. The molecule has 0 amide bonds. The number of anilines is 2. The molecule has 0 aromatic heterocycles. The van der Waals surface area contributed by atoms with Crippen LogP contribution in [0.5, 0.6) is 0 Å². The average Bonchev–Trinajstić information content (AvgIpc) is 2.48. The number of hydrogen-bond donors (Lipinski definition) is 1. The van der Waals surface area contributed by atoms with Gasteiger partial charge in [-0.25, -0.2) is 4.79 Å². The van der Waals surface area contributed by atoms with Gasteiger partial charge in [0.2, 0.25) is 0 Å². The van der Waals surface area contributed by atoms with E-state index in [2.05, 4.69) is 17.2 Å². The fraction of sp³-hybridized carbons (Fsp3) is 0.118. The molecule has 0 bridgehead atoms. The third kappa shape index (κ3) is 4.18. The number of ether oxygens (including phenoxy) is 1. The highest BCUT2D eigenvalue weighted by atomic mass is 16.5. The molecule has 2 aromatic carbocycles. The van der Waals surface area contributed by atoms with E-state index in [0.717, 1.165) is 16.9 Å². The van der Waals surface area contributed by atoms with Crippen molar-refractivity contribution in [3.63, 3.8) is 0 Å². The normalized spacial score (nSPS) is 9.25. The van der Waals surface area contributed by atoms with E-state index < -0.39 is 5.97 Å². The number of para-hydroxylation sites is 1. The lowest BCUT2D eigenvalue weighted by Crippen LogP contribution is -1.99. The minimum atomic E-state index is -0.501. The number of carbonyl (C=O) groups is 1. The molecular weight excluding hydrogens is 250 g/mol. The Labute approximate surface area is 118 Å². The van der Waals surface area contributed by atoms with E-state index in [-0.39, 0.29) is 0 Å². The average molecular weight is 265 g/mol. The Kier molecular flexibility index (Phi) is 4.80. The molecule has 0 heterocycles. The molecule has 100 valence electrons. The van der Waals surface area contributed by atoms with Crippen LogP contribution < -0.4 is 5.32 Å². The lowest BCUT2D eigenvalue weighted by atomic mass is 10.2. The molecule has 0 aliphatic rings. The summed E-state index contributed by atoms with van der Waals surface area (Å²) in [6.07, 6.45) is 0. The van der Waals surface area contributed by atoms with Crippen molar-refractivity contribution < 1.29 is 9.53 Å². The summed E-state index contributed by atoms with van der Waals surface area (Å²) in [6.45, 7) is 2.09. The third-order valence-electron chi connectivity index (χ3n) is 2.53. The van der Waals surface area contributed by atoms with Crippen LogP contribution in [0, 0.1) is 11.8 Å². The van der Waals surface area contributed by atoms with Crippen molar-refractivity contribution in [1.29, 1.82) is 0 Å². The minimum Gasteiger partial charge on any atom is -0.456 e. The van der Waals surface area contributed by atoms with Crippen LogP contribution in [0.2, 0.25) is 0 Å². The predicted octanol–water partition coefficient (Wildman–Crippen LogP) is 3.34. The van der Waals surface area contributed by atoms with Gasteiger partial charge in [0, 0.05) is 22.9 Å². The molecule has 2 aromatic rings. The third-order valence-corrected chi connectivity index (χ3v) is 2.53. The summed E-state index contributed by atoms with van der Waals surface area (Å²) < 4.78 is 4.74. The Morgan fingerprint density at radius 3 is 2.35 bits per heavy atom. The molecule has 1 N–H and O–H groups in total. The van der Waals surface area contributed by atoms with Crippen LogP contribution in [0.3, 0.4) is 0 Å². The quantitative estimate of drug-likeness (QED) is 0.683. The van der Waals surface area contributed by atoms with Crippen molar-refractivity contribution in [2.45, 2.75) is 6.92 Å². The van der Waals surface area contributed by atoms with Gasteiger partial charge in [-0.2, -0.15) is 0 Å². The second-order valence-electron chi connectivity index (χ2n) is 4.04. The molecule has 0 atom stereocenters. The second kappa shape index (κ2) is 7.01. The first-order valence-corrected chi connectivity index (χ1v) is 6.39. The summed E-state index contributed by atoms with van der Waals surface area (Å²) in [6, 6.07) is 17.5. The van der Waals surface area contributed by atoms with E-state index >= 15 is 0 Å². The van der Waals surface area contributed by atoms with Gasteiger partial charge >= 0.3 is 5.97 Å². The van der Waals surface area contributed by atoms with E-state index in [4.69, 9.17) is 4.74 Å². The zero-order chi connectivity index (χ0) is 14.2. The Hall–Kier alpha value is -2.73. The van der Waals surface area contributed by atoms with Gasteiger partial charge in [-0.15, -0.1) is 0 Å². The fourth-order valence-electron chi connectivity index (χ4n) is 1.62. The summed E-state index contributed by atoms with van der Waals surface area (Å²) >= 11 is 0. The largest absolute Gasteiger partial charge is 0.456 e. The summed E-state index contributed by atoms with van der Waals surface area (Å²) in [4.78, 5) is 11.1. The zero-order valence-electron chi connectivity index (χ0n) is 11.2. The molecule has 0 saturated heterocycles. The number of esters is 1. The molecule has 0 saturated carbocycles. The summed E-state index contributed by atoms with van der Waals surface area (Å²) in [5, 5.41) is 3.28. The Morgan fingerprint density at radius 1 is 1.05 bits per heavy atom. The van der Waals surface area contributed by atoms with Gasteiger partial charge in [0.05, 0.1) is 6.61 Å². The summed E-state index contributed by atoms with van der Waals surface area (Å²) in [5.74, 6) is 4.70. The van der Waals surface area contributed by atoms with E-state index in [1.165, 1.54) is 0 Å². The lowest BCUT2D eigenvalue weighted by Gasteiger charge is -2.05. The summed E-state index contributed by atoms with van der Waals surface area (Å²) in [7, 11) is 0. The highest BCUT2D eigenvalue weighted by Crippen LogP contribution is 2.16. The first-order chi connectivity index (χ1) is 9.78. The van der Waals surface area contributed by atoms with E-state index in [1.807, 2.05) is 54.6 Å². The van der Waals surface area contributed by atoms with Crippen molar-refractivity contribution >= 4 is 17.3 Å². The van der Waals surface area contributed by atoms with Crippen LogP contribution in [0.1, 0.15) is 12.5 Å². The number of benzene rings is 2. The maximum Gasteiger partial charge on any atom is 0.384 e. The molecule has 0 aliphatic heterocycles. The number of carbonyl (C=O) groups excluding carboxylic acids is 1. The van der Waals surface area contributed by atoms with Crippen LogP contribution in [-0.4, -0.2) is 12.6 Å². The van der Waals surface area contributed by atoms with Crippen molar-refractivity contribution in [3.05, 3.63) is 60.2 Å². The van der Waals surface area contributed by atoms with Crippen LogP contribution in [0.25, 0.3) is 0 Å². The molecule has 0 aliphatic carbocycles. The molecule has 0 unspecified atom stereocenters. The van der Waals surface area contributed by atoms with Gasteiger partial charge in [-0.3, -0.25) is 0 Å². The molecular formula is C17H15NO2. The monoisotopic (exact) mass is 265 g/mol. The molecule has 0 radical (unpaired) electrons. The van der Waals surface area contributed by atoms with Crippen molar-refractivity contribution in [1.82, 2.24) is 0 Å². The Bertz CT molecular complexity index is 622. The van der Waals surface area contributed by atoms with Gasteiger partial charge in [0.15, 0.2) is 0 Å². The van der Waals surface area contributed by atoms with Gasteiger partial charge < -0.3 is 10.1 Å². The number of rotatable bonds is 3. The Balaban J connectivity index is 2.01. The molecule has 20 heavy (non-hydrogen) atoms. The first-order valence-electron chi connectivity index (χ1n) is 6.39. The van der Waals surface area contributed by atoms with Crippen LogP contribution in [0.15, 0.2) is 54.6 Å². The molecule has 0 spiro atoms. The van der Waals surface area contributed by atoms with Crippen molar-refractivity contribution in [2.75, 3.05) is 11.9 Å². The van der Waals surface area contributed by atoms with Crippen molar-refractivity contribution in [2.24, 2.45) is 0 Å². The van der Waals surface area contributed by atoms with E-state index in [9.17, 15) is 4.79 Å². The first kappa shape index (κ1) is 13.7. The molecule has 3 heteroatoms. The second-order valence-corrected chi connectivity index (χ2v) is 4.04. The standard InChI is InChI=1S/C17H15NO2/c1-2-20-17(19)13-10-14-8-11-16(12-9-14)18-15-6-4-3-5-7-15/h3-9,11-12,18H,2H2,1H3. The maximum absolute atomic E-state index is 11.1. The van der Waals surface area contributed by atoms with Gasteiger partial charge in [0.1, 0.15) is 0 Å². The van der Waals surface area contributed by atoms with Crippen LogP contribution >= 0.6 is 0 Å². The number of hydrogen-bond acceptors (Lipinski definition) is 3. The minimum absolute atomic E-state index is 0.341. The van der Waals surface area contributed by atoms with Gasteiger partial charge in [-0.05, 0) is 43.3 Å². The highest BCUT2D eigenvalue weighted by Gasteiger charge is 1.95. The molecule has 2 rings (SSSR count). The number of nitrogens with one attached hydrogen (secondary N) is 1. The lowest BCUT2D eigenvalue weighted by molar-refractivity contribution is -0.136. The topological polar surface area (TPSA) is 38.3 Å². The maximum atomic E-state index is 11.1. The summed E-state index contributed by atoms with van der Waals surface area (Å²) in [5.41, 5.74) is 2.77. The highest BCUT2D eigenvalue weighted by molar-refractivity contribution is 5.89. The van der Waals surface area contributed by atoms with E-state index in [1.54, 1.807) is 6.92 Å². The fourth-order valence-corrected chi connectivity index (χ4v) is 1.62. The predicted molar refractivity (Wildman–Crippen MR) is 79.7 cm³/mol. The zero-order valence-corrected chi connectivity index (χ0v) is 11.2. The van der Waals surface area contributed by atoms with Crippen LogP contribution in [-0.2, 0) is 9.53 Å². The molecule has 0 fully saturated rings. The molecule has 3 nitrogen and oxygen atoms in total. The van der Waals surface area contributed by atoms with Gasteiger partial charge in [0.25, 0.3) is 0 Å². The van der Waals surface area contributed by atoms with Crippen LogP contribution in [0.4, 0.5) is 11.4 Å². The van der Waals surface area contributed by atoms with Gasteiger partial charge in [-0.1, -0.05) is 24.1 Å².